The summed E-state index contributed by atoms with van der Waals surface area (Å²) in [4.78, 5) is 8.27. The summed E-state index contributed by atoms with van der Waals surface area (Å²) in [6.45, 7) is 0. The molecule has 0 unspecified atom stereocenters. The van der Waals surface area contributed by atoms with Crippen LogP contribution in [0.1, 0.15) is 0 Å². The summed E-state index contributed by atoms with van der Waals surface area (Å²) in [5.74, 6) is 1.06. The second-order valence-electron chi connectivity index (χ2n) is 6.40. The number of H-pyrrole nitrogens is 1. The Morgan fingerprint density at radius 1 is 0.926 bits per heavy atom. The summed E-state index contributed by atoms with van der Waals surface area (Å²) in [7, 11) is 1.53. The number of aromatic hydroxyl groups is 1. The van der Waals surface area contributed by atoms with Gasteiger partial charge in [0.15, 0.2) is 11.5 Å². The minimum absolute atomic E-state index is 0.0633. The van der Waals surface area contributed by atoms with Crippen LogP contribution >= 0.6 is 15.9 Å². The van der Waals surface area contributed by atoms with Gasteiger partial charge >= 0.3 is 0 Å². The van der Waals surface area contributed by atoms with E-state index in [9.17, 15) is 5.11 Å². The first-order valence-corrected chi connectivity index (χ1v) is 9.32. The van der Waals surface area contributed by atoms with Crippen LogP contribution in [-0.2, 0) is 0 Å². The second-order valence-corrected chi connectivity index (χ2v) is 7.32. The zero-order valence-electron chi connectivity index (χ0n) is 14.5. The van der Waals surface area contributed by atoms with E-state index in [1.807, 2.05) is 30.3 Å². The fourth-order valence-electron chi connectivity index (χ4n) is 3.66. The van der Waals surface area contributed by atoms with Crippen LogP contribution in [0.3, 0.4) is 0 Å². The van der Waals surface area contributed by atoms with Crippen LogP contribution in [0.2, 0.25) is 0 Å². The van der Waals surface area contributed by atoms with Crippen LogP contribution in [0, 0.1) is 0 Å². The molecule has 0 atom stereocenters. The van der Waals surface area contributed by atoms with Crippen LogP contribution in [0.15, 0.2) is 65.1 Å². The average Bonchev–Trinajstić information content (AvgIpc) is 3.15. The largest absolute Gasteiger partial charge is 0.504 e. The van der Waals surface area contributed by atoms with Gasteiger partial charge in [0.2, 0.25) is 0 Å². The number of phenols is 1. The molecule has 1 heterocycles. The molecular weight excluding hydrogens is 404 g/mol. The molecular formula is C22H15BrN2O2. The first-order chi connectivity index (χ1) is 13.2. The normalized spacial score (nSPS) is 11.5. The van der Waals surface area contributed by atoms with Gasteiger partial charge in [0.25, 0.3) is 0 Å². The van der Waals surface area contributed by atoms with Crippen LogP contribution in [-0.4, -0.2) is 22.2 Å². The van der Waals surface area contributed by atoms with Gasteiger partial charge in [0, 0.05) is 15.2 Å². The number of benzene rings is 4. The summed E-state index contributed by atoms with van der Waals surface area (Å²) in [5, 5.41) is 15.1. The molecule has 5 aromatic rings. The first kappa shape index (κ1) is 16.1. The van der Waals surface area contributed by atoms with E-state index in [0.717, 1.165) is 31.7 Å². The summed E-state index contributed by atoms with van der Waals surface area (Å²) in [5.41, 5.74) is 2.43. The molecule has 0 aliphatic heterocycles. The number of fused-ring (bicyclic) bond motifs is 6. The van der Waals surface area contributed by atoms with Gasteiger partial charge in [0.05, 0.1) is 23.7 Å². The van der Waals surface area contributed by atoms with Crippen molar-refractivity contribution in [1.29, 1.82) is 0 Å². The Labute approximate surface area is 163 Å². The maximum atomic E-state index is 10.6. The molecule has 27 heavy (non-hydrogen) atoms. The van der Waals surface area contributed by atoms with Gasteiger partial charge in [0.1, 0.15) is 5.82 Å². The number of aromatic nitrogens is 2. The molecule has 5 rings (SSSR count). The molecule has 0 saturated carbocycles. The van der Waals surface area contributed by atoms with Crippen molar-refractivity contribution in [2.24, 2.45) is 0 Å². The van der Waals surface area contributed by atoms with Crippen molar-refractivity contribution in [1.82, 2.24) is 9.97 Å². The molecule has 0 aliphatic rings. The quantitative estimate of drug-likeness (QED) is 0.345. The Balaban J connectivity index is 1.92. The number of aromatic amines is 1. The molecule has 2 N–H and O–H groups in total. The highest BCUT2D eigenvalue weighted by atomic mass is 79.9. The van der Waals surface area contributed by atoms with Gasteiger partial charge in [-0.2, -0.15) is 0 Å². The Kier molecular flexibility index (Phi) is 3.58. The molecule has 4 aromatic carbocycles. The number of nitrogens with one attached hydrogen (secondary N) is 1. The summed E-state index contributed by atoms with van der Waals surface area (Å²) >= 11 is 3.48. The highest BCUT2D eigenvalue weighted by Gasteiger charge is 2.18. The summed E-state index contributed by atoms with van der Waals surface area (Å²) in [6.07, 6.45) is 0. The SMILES string of the molecule is COc1cc(Br)cc(-c2nc3c4ccccc4c4ccccc4c3[nH]2)c1O. The van der Waals surface area contributed by atoms with Gasteiger partial charge < -0.3 is 14.8 Å². The predicted molar refractivity (Wildman–Crippen MR) is 112 cm³/mol. The fourth-order valence-corrected chi connectivity index (χ4v) is 4.10. The highest BCUT2D eigenvalue weighted by molar-refractivity contribution is 9.10. The molecule has 4 nitrogen and oxygen atoms in total. The molecule has 0 spiro atoms. The van der Waals surface area contributed by atoms with E-state index in [4.69, 9.17) is 9.72 Å². The number of methoxy groups -OCH3 is 1. The fraction of sp³-hybridized carbons (Fsp3) is 0.0455. The van der Waals surface area contributed by atoms with Gasteiger partial charge in [-0.05, 0) is 22.9 Å². The molecule has 0 fully saturated rings. The molecule has 1 aromatic heterocycles. The topological polar surface area (TPSA) is 58.1 Å². The molecule has 0 aliphatic carbocycles. The summed E-state index contributed by atoms with van der Waals surface area (Å²) in [6, 6.07) is 20.1. The van der Waals surface area contributed by atoms with E-state index < -0.39 is 0 Å². The van der Waals surface area contributed by atoms with Crippen molar-refractivity contribution < 1.29 is 9.84 Å². The predicted octanol–water partition coefficient (Wildman–Crippen LogP) is 6.01. The number of imidazole rings is 1. The minimum Gasteiger partial charge on any atom is -0.504 e. The van der Waals surface area contributed by atoms with E-state index in [0.29, 0.717) is 17.1 Å². The maximum absolute atomic E-state index is 10.6. The third-order valence-electron chi connectivity index (χ3n) is 4.89. The zero-order valence-corrected chi connectivity index (χ0v) is 16.0. The van der Waals surface area contributed by atoms with E-state index >= 15 is 0 Å². The molecule has 0 radical (unpaired) electrons. The lowest BCUT2D eigenvalue weighted by atomic mass is 10.0. The first-order valence-electron chi connectivity index (χ1n) is 8.53. The Bertz CT molecular complexity index is 1270. The zero-order chi connectivity index (χ0) is 18.5. The van der Waals surface area contributed by atoms with Crippen molar-refractivity contribution in [2.75, 3.05) is 7.11 Å². The smallest absolute Gasteiger partial charge is 0.168 e. The lowest BCUT2D eigenvalue weighted by Gasteiger charge is -2.08. The van der Waals surface area contributed by atoms with Crippen LogP contribution in [0.5, 0.6) is 11.5 Å². The number of hydrogen-bond donors (Lipinski definition) is 2. The van der Waals surface area contributed by atoms with Crippen molar-refractivity contribution in [3.05, 3.63) is 65.1 Å². The Morgan fingerprint density at radius 3 is 2.26 bits per heavy atom. The molecule has 0 bridgehead atoms. The molecule has 0 amide bonds. The minimum atomic E-state index is 0.0633. The monoisotopic (exact) mass is 418 g/mol. The maximum Gasteiger partial charge on any atom is 0.168 e. The number of ether oxygens (including phenoxy) is 1. The van der Waals surface area contributed by atoms with E-state index in [-0.39, 0.29) is 5.75 Å². The Morgan fingerprint density at radius 2 is 1.56 bits per heavy atom. The number of hydrogen-bond acceptors (Lipinski definition) is 3. The number of halogens is 1. The number of nitrogens with zero attached hydrogens (tertiary/aromatic N) is 1. The van der Waals surface area contributed by atoms with Crippen molar-refractivity contribution in [2.45, 2.75) is 0 Å². The van der Waals surface area contributed by atoms with Crippen LogP contribution < -0.4 is 4.74 Å². The summed E-state index contributed by atoms with van der Waals surface area (Å²) < 4.78 is 6.09. The van der Waals surface area contributed by atoms with Gasteiger partial charge in [-0.1, -0.05) is 64.5 Å². The van der Waals surface area contributed by atoms with Crippen molar-refractivity contribution in [3.8, 4) is 22.9 Å². The third kappa shape index (κ3) is 2.39. The molecule has 0 saturated heterocycles. The van der Waals surface area contributed by atoms with Crippen LogP contribution in [0.25, 0.3) is 44.0 Å². The number of rotatable bonds is 2. The van der Waals surface area contributed by atoms with Crippen molar-refractivity contribution in [3.63, 3.8) is 0 Å². The van der Waals surface area contributed by atoms with Crippen LogP contribution in [0.4, 0.5) is 0 Å². The second kappa shape index (κ2) is 5.99. The lowest BCUT2D eigenvalue weighted by Crippen LogP contribution is -1.88. The van der Waals surface area contributed by atoms with E-state index in [2.05, 4.69) is 45.2 Å². The molecule has 5 heteroatoms. The van der Waals surface area contributed by atoms with Gasteiger partial charge in [-0.25, -0.2) is 4.98 Å². The van der Waals surface area contributed by atoms with E-state index in [1.54, 1.807) is 6.07 Å². The lowest BCUT2D eigenvalue weighted by molar-refractivity contribution is 0.374. The third-order valence-corrected chi connectivity index (χ3v) is 5.35. The standard InChI is InChI=1S/C22H15BrN2O2/c1-27-18-11-12(23)10-17(21(18)26)22-24-19-15-8-4-2-6-13(15)14-7-3-5-9-16(14)20(19)25-22/h2-11,26H,1H3,(H,24,25). The van der Waals surface area contributed by atoms with E-state index in [1.165, 1.54) is 12.5 Å². The average molecular weight is 419 g/mol. The molecule has 132 valence electrons. The van der Waals surface area contributed by atoms with Gasteiger partial charge in [-0.15, -0.1) is 0 Å². The Hall–Kier alpha value is -3.05. The van der Waals surface area contributed by atoms with Gasteiger partial charge in [-0.3, -0.25) is 0 Å². The highest BCUT2D eigenvalue weighted by Crippen LogP contribution is 2.41. The van der Waals surface area contributed by atoms with Crippen molar-refractivity contribution >= 4 is 48.5 Å². The number of phenolic OH excluding ortho intramolecular Hbond substituents is 1.